The monoisotopic (exact) mass is 495 g/mol. The Labute approximate surface area is 211 Å². The molecule has 0 saturated carbocycles. The summed E-state index contributed by atoms with van der Waals surface area (Å²) in [6.07, 6.45) is 1.03. The van der Waals surface area contributed by atoms with Gasteiger partial charge < -0.3 is 15.5 Å². The molecule has 1 aliphatic heterocycles. The van der Waals surface area contributed by atoms with E-state index in [9.17, 15) is 9.59 Å². The Hall–Kier alpha value is -2.90. The maximum absolute atomic E-state index is 13.8. The fourth-order valence-electron chi connectivity index (χ4n) is 4.54. The number of carbonyl (C=O) groups excluding carboxylic acids is 1. The van der Waals surface area contributed by atoms with E-state index in [4.69, 9.17) is 16.6 Å². The van der Waals surface area contributed by atoms with Crippen molar-refractivity contribution in [3.8, 4) is 11.4 Å². The molecule has 7 nitrogen and oxygen atoms in total. The average Bonchev–Trinajstić information content (AvgIpc) is 3.07. The molecular weight excluding hydrogens is 462 g/mol. The Kier molecular flexibility index (Phi) is 7.77. The van der Waals surface area contributed by atoms with E-state index in [1.165, 1.54) is 4.57 Å². The summed E-state index contributed by atoms with van der Waals surface area (Å²) in [4.78, 5) is 33.6. The number of aromatic nitrogens is 2. The van der Waals surface area contributed by atoms with Gasteiger partial charge in [-0.2, -0.15) is 0 Å². The minimum atomic E-state index is -0.237. The van der Waals surface area contributed by atoms with Crippen LogP contribution in [0.15, 0.2) is 47.3 Å². The molecule has 0 bridgehead atoms. The Bertz CT molecular complexity index is 1270. The molecule has 0 aliphatic carbocycles. The van der Waals surface area contributed by atoms with Gasteiger partial charge in [-0.3, -0.25) is 14.2 Å². The molecule has 1 saturated heterocycles. The smallest absolute Gasteiger partial charge is 0.262 e. The summed E-state index contributed by atoms with van der Waals surface area (Å²) in [7, 11) is 0. The van der Waals surface area contributed by atoms with Gasteiger partial charge in [0.2, 0.25) is 5.91 Å². The zero-order valence-electron chi connectivity index (χ0n) is 20.8. The van der Waals surface area contributed by atoms with Crippen LogP contribution in [0, 0.1) is 5.92 Å². The molecule has 4 rings (SSSR count). The third kappa shape index (κ3) is 5.85. The van der Waals surface area contributed by atoms with E-state index in [1.807, 2.05) is 44.2 Å². The quantitative estimate of drug-likeness (QED) is 0.539. The van der Waals surface area contributed by atoms with Crippen LogP contribution in [0.1, 0.15) is 34.1 Å². The van der Waals surface area contributed by atoms with E-state index in [0.29, 0.717) is 39.3 Å². The lowest BCUT2D eigenvalue weighted by Crippen LogP contribution is -2.41. The maximum atomic E-state index is 13.8. The van der Waals surface area contributed by atoms with Crippen molar-refractivity contribution in [1.29, 1.82) is 0 Å². The van der Waals surface area contributed by atoms with Crippen LogP contribution in [0.3, 0.4) is 0 Å². The molecule has 3 aromatic rings. The zero-order valence-corrected chi connectivity index (χ0v) is 21.6. The first-order valence-electron chi connectivity index (χ1n) is 12.3. The molecule has 1 fully saturated rings. The zero-order chi connectivity index (χ0) is 25.1. The lowest BCUT2D eigenvalue weighted by molar-refractivity contribution is -0.122. The summed E-state index contributed by atoms with van der Waals surface area (Å²) >= 11 is 6.23. The maximum Gasteiger partial charge on any atom is 0.262 e. The molecular formula is C27H34ClN5O2. The molecule has 1 aromatic heterocycles. The Morgan fingerprint density at radius 2 is 2.00 bits per heavy atom. The van der Waals surface area contributed by atoms with Gasteiger partial charge in [0.05, 0.1) is 10.9 Å². The second kappa shape index (κ2) is 10.8. The first-order valence-corrected chi connectivity index (χ1v) is 12.7. The van der Waals surface area contributed by atoms with E-state index in [2.05, 4.69) is 29.4 Å². The predicted molar refractivity (Wildman–Crippen MR) is 143 cm³/mol. The van der Waals surface area contributed by atoms with Crippen molar-refractivity contribution in [1.82, 2.24) is 20.2 Å². The van der Waals surface area contributed by atoms with Crippen molar-refractivity contribution in [3.05, 3.63) is 57.8 Å². The number of hydrogen-bond donors (Lipinski definition) is 2. The number of halogens is 1. The third-order valence-corrected chi connectivity index (χ3v) is 6.61. The van der Waals surface area contributed by atoms with Crippen LogP contribution in [0.5, 0.6) is 0 Å². The minimum absolute atomic E-state index is 0.0293. The first-order chi connectivity index (χ1) is 16.7. The van der Waals surface area contributed by atoms with Crippen molar-refractivity contribution in [2.45, 2.75) is 52.7 Å². The van der Waals surface area contributed by atoms with E-state index in [-0.39, 0.29) is 24.1 Å². The van der Waals surface area contributed by atoms with Crippen molar-refractivity contribution in [2.75, 3.05) is 24.5 Å². The van der Waals surface area contributed by atoms with Crippen LogP contribution in [0.25, 0.3) is 22.3 Å². The predicted octanol–water partition coefficient (Wildman–Crippen LogP) is 4.07. The molecule has 0 spiro atoms. The molecule has 1 atom stereocenters. The standard InChI is InChI=1S/C27H34ClN5O2/c1-17(2)24-15-32(12-6-11-29-24)21-9-10-23-22(14-21)27(35)33(16-25(34)30-18(3)4)26(31-23)19-7-5-8-20(28)13-19/h5,7-10,13-14,17-18,24,29H,6,11-12,15-16H2,1-4H3,(H,30,34). The van der Waals surface area contributed by atoms with Gasteiger partial charge in [0.15, 0.2) is 0 Å². The minimum Gasteiger partial charge on any atom is -0.370 e. The van der Waals surface area contributed by atoms with Crippen LogP contribution in [-0.4, -0.2) is 47.2 Å². The summed E-state index contributed by atoms with van der Waals surface area (Å²) in [6.45, 7) is 10.9. The largest absolute Gasteiger partial charge is 0.370 e. The summed E-state index contributed by atoms with van der Waals surface area (Å²) < 4.78 is 1.45. The van der Waals surface area contributed by atoms with E-state index < -0.39 is 0 Å². The SMILES string of the molecule is CC(C)NC(=O)Cn1c(-c2cccc(Cl)c2)nc2ccc(N3CCCNC(C(C)C)C3)cc2c1=O. The van der Waals surface area contributed by atoms with Gasteiger partial charge >= 0.3 is 0 Å². The number of fused-ring (bicyclic) bond motifs is 1. The number of nitrogens with zero attached hydrogens (tertiary/aromatic N) is 3. The summed E-state index contributed by atoms with van der Waals surface area (Å²) in [5.74, 6) is 0.700. The highest BCUT2D eigenvalue weighted by Crippen LogP contribution is 2.25. The molecule has 186 valence electrons. The van der Waals surface area contributed by atoms with Gasteiger partial charge in [-0.05, 0) is 63.1 Å². The number of benzene rings is 2. The molecule has 2 aromatic carbocycles. The van der Waals surface area contributed by atoms with Gasteiger partial charge in [-0.1, -0.05) is 37.6 Å². The number of amides is 1. The van der Waals surface area contributed by atoms with Gasteiger partial charge in [0.25, 0.3) is 5.56 Å². The summed E-state index contributed by atoms with van der Waals surface area (Å²) in [5, 5.41) is 7.55. The van der Waals surface area contributed by atoms with E-state index in [1.54, 1.807) is 12.1 Å². The van der Waals surface area contributed by atoms with E-state index in [0.717, 1.165) is 31.7 Å². The van der Waals surface area contributed by atoms with Crippen molar-refractivity contribution in [3.63, 3.8) is 0 Å². The molecule has 1 aliphatic rings. The summed E-state index contributed by atoms with van der Waals surface area (Å²) in [5.41, 5.74) is 2.05. The van der Waals surface area contributed by atoms with Crippen LogP contribution >= 0.6 is 11.6 Å². The Balaban J connectivity index is 1.81. The molecule has 35 heavy (non-hydrogen) atoms. The number of carbonyl (C=O) groups is 1. The fourth-order valence-corrected chi connectivity index (χ4v) is 4.73. The second-order valence-corrected chi connectivity index (χ2v) is 10.3. The number of hydrogen-bond acceptors (Lipinski definition) is 5. The highest BCUT2D eigenvalue weighted by atomic mass is 35.5. The Morgan fingerprint density at radius 1 is 1.20 bits per heavy atom. The van der Waals surface area contributed by atoms with Gasteiger partial charge in [0.1, 0.15) is 12.4 Å². The third-order valence-electron chi connectivity index (χ3n) is 6.37. The summed E-state index contributed by atoms with van der Waals surface area (Å²) in [6, 6.07) is 13.4. The van der Waals surface area contributed by atoms with Crippen molar-refractivity contribution < 1.29 is 4.79 Å². The van der Waals surface area contributed by atoms with Gasteiger partial charge in [0, 0.05) is 41.4 Å². The van der Waals surface area contributed by atoms with Crippen molar-refractivity contribution in [2.24, 2.45) is 5.92 Å². The molecule has 2 N–H and O–H groups in total. The second-order valence-electron chi connectivity index (χ2n) is 9.86. The van der Waals surface area contributed by atoms with Gasteiger partial charge in [-0.15, -0.1) is 0 Å². The van der Waals surface area contributed by atoms with Crippen LogP contribution < -0.4 is 21.1 Å². The molecule has 2 heterocycles. The Morgan fingerprint density at radius 3 is 2.71 bits per heavy atom. The van der Waals surface area contributed by atoms with Crippen LogP contribution in [0.2, 0.25) is 5.02 Å². The molecule has 1 unspecified atom stereocenters. The number of anilines is 1. The fraction of sp³-hybridized carbons (Fsp3) is 0.444. The first kappa shape index (κ1) is 25.2. The van der Waals surface area contributed by atoms with Crippen LogP contribution in [-0.2, 0) is 11.3 Å². The molecule has 0 radical (unpaired) electrons. The highest BCUT2D eigenvalue weighted by Gasteiger charge is 2.22. The topological polar surface area (TPSA) is 79.3 Å². The number of rotatable bonds is 6. The van der Waals surface area contributed by atoms with E-state index >= 15 is 0 Å². The van der Waals surface area contributed by atoms with Crippen LogP contribution in [0.4, 0.5) is 5.69 Å². The molecule has 1 amide bonds. The highest BCUT2D eigenvalue weighted by molar-refractivity contribution is 6.30. The lowest BCUT2D eigenvalue weighted by atomic mass is 10.0. The lowest BCUT2D eigenvalue weighted by Gasteiger charge is -2.28. The van der Waals surface area contributed by atoms with Gasteiger partial charge in [-0.25, -0.2) is 4.98 Å². The normalized spacial score (nSPS) is 16.7. The van der Waals surface area contributed by atoms with Crippen molar-refractivity contribution >= 4 is 34.1 Å². The molecule has 8 heteroatoms. The average molecular weight is 496 g/mol. The number of nitrogens with one attached hydrogen (secondary N) is 2.